The topological polar surface area (TPSA) is 121 Å². The normalized spacial score (nSPS) is 13.4. The zero-order valence-corrected chi connectivity index (χ0v) is 9.94. The van der Waals surface area contributed by atoms with Gasteiger partial charge in [0.2, 0.25) is 0 Å². The van der Waals surface area contributed by atoms with Crippen LogP contribution in [0.3, 0.4) is 0 Å². The van der Waals surface area contributed by atoms with E-state index in [-0.39, 0.29) is 5.56 Å². The van der Waals surface area contributed by atoms with Gasteiger partial charge in [-0.1, -0.05) is 17.7 Å². The molecule has 0 aromatic heterocycles. The van der Waals surface area contributed by atoms with Crippen LogP contribution < -0.4 is 0 Å². The van der Waals surface area contributed by atoms with Gasteiger partial charge >= 0.3 is 17.9 Å². The fourth-order valence-corrected chi connectivity index (χ4v) is 1.16. The molecule has 0 unspecified atom stereocenters. The summed E-state index contributed by atoms with van der Waals surface area (Å²) in [4.78, 5) is 33.0. The van der Waals surface area contributed by atoms with Crippen LogP contribution in [-0.2, 0) is 14.3 Å². The fourth-order valence-electron chi connectivity index (χ4n) is 1.16. The maximum atomic E-state index is 11.5. The lowest BCUT2D eigenvalue weighted by Crippen LogP contribution is -2.41. The molecule has 7 nitrogen and oxygen atoms in total. The largest absolute Gasteiger partial charge is 0.479 e. The standard InChI is InChI=1S/C12H12O7/c1-6-2-4-7(5-3-6)11(17)19-12(18)9(14)8(13)10(15)16/h2-5,8-9,13-14H,1H3,(H,15,16)/t8-,9-/m1/s1. The molecule has 0 saturated carbocycles. The summed E-state index contributed by atoms with van der Waals surface area (Å²) in [5.41, 5.74) is 0.958. The maximum absolute atomic E-state index is 11.5. The number of aliphatic hydroxyl groups excluding tert-OH is 2. The van der Waals surface area contributed by atoms with Crippen molar-refractivity contribution in [2.75, 3.05) is 0 Å². The van der Waals surface area contributed by atoms with Crippen molar-refractivity contribution in [3.05, 3.63) is 35.4 Å². The average Bonchev–Trinajstić information content (AvgIpc) is 2.37. The summed E-state index contributed by atoms with van der Waals surface area (Å²) in [6.07, 6.45) is -4.68. The van der Waals surface area contributed by atoms with Gasteiger partial charge in [-0.3, -0.25) is 0 Å². The molecule has 0 heterocycles. The molecular formula is C12H12O7. The third kappa shape index (κ3) is 3.87. The number of carboxylic acid groups (broad SMARTS) is 1. The second kappa shape index (κ2) is 6.07. The van der Waals surface area contributed by atoms with Crippen LogP contribution >= 0.6 is 0 Å². The Labute approximate surface area is 108 Å². The van der Waals surface area contributed by atoms with Crippen LogP contribution in [-0.4, -0.2) is 45.4 Å². The van der Waals surface area contributed by atoms with Crippen molar-refractivity contribution in [1.29, 1.82) is 0 Å². The second-order valence-corrected chi connectivity index (χ2v) is 3.80. The van der Waals surface area contributed by atoms with Gasteiger partial charge in [0, 0.05) is 0 Å². The summed E-state index contributed by atoms with van der Waals surface area (Å²) in [7, 11) is 0. The molecule has 0 aliphatic rings. The number of ether oxygens (including phenoxy) is 1. The highest BCUT2D eigenvalue weighted by molar-refractivity contribution is 5.99. The van der Waals surface area contributed by atoms with Gasteiger partial charge in [0.1, 0.15) is 0 Å². The van der Waals surface area contributed by atoms with Crippen molar-refractivity contribution < 1.29 is 34.4 Å². The zero-order chi connectivity index (χ0) is 14.6. The lowest BCUT2D eigenvalue weighted by molar-refractivity contribution is -0.166. The SMILES string of the molecule is Cc1ccc(C(=O)OC(=O)[C@H](O)[C@@H](O)C(=O)O)cc1. The van der Waals surface area contributed by atoms with E-state index in [1.165, 1.54) is 12.1 Å². The number of rotatable bonds is 4. The highest BCUT2D eigenvalue weighted by Crippen LogP contribution is 2.06. The average molecular weight is 268 g/mol. The van der Waals surface area contributed by atoms with Crippen molar-refractivity contribution in [1.82, 2.24) is 0 Å². The number of esters is 2. The van der Waals surface area contributed by atoms with E-state index < -0.39 is 30.1 Å². The minimum absolute atomic E-state index is 0.0657. The number of aliphatic hydroxyl groups is 2. The van der Waals surface area contributed by atoms with E-state index in [0.29, 0.717) is 0 Å². The Morgan fingerprint density at radius 1 is 1.05 bits per heavy atom. The number of aliphatic carboxylic acids is 1. The van der Waals surface area contributed by atoms with Gasteiger partial charge in [-0.25, -0.2) is 14.4 Å². The van der Waals surface area contributed by atoms with E-state index in [1.54, 1.807) is 19.1 Å². The van der Waals surface area contributed by atoms with Gasteiger partial charge in [0.05, 0.1) is 5.56 Å². The first-order valence-electron chi connectivity index (χ1n) is 5.24. The summed E-state index contributed by atoms with van der Waals surface area (Å²) < 4.78 is 4.26. The van der Waals surface area contributed by atoms with Crippen molar-refractivity contribution in [2.45, 2.75) is 19.1 Å². The Bertz CT molecular complexity index is 491. The first-order chi connectivity index (χ1) is 8.82. The van der Waals surface area contributed by atoms with Crippen molar-refractivity contribution >= 4 is 17.9 Å². The summed E-state index contributed by atoms with van der Waals surface area (Å²) in [5.74, 6) is -4.37. The molecule has 0 amide bonds. The quantitative estimate of drug-likeness (QED) is 0.496. The lowest BCUT2D eigenvalue weighted by atomic mass is 10.1. The monoisotopic (exact) mass is 268 g/mol. The number of carbonyl (C=O) groups excluding carboxylic acids is 2. The summed E-state index contributed by atoms with van der Waals surface area (Å²) >= 11 is 0. The Balaban J connectivity index is 2.69. The van der Waals surface area contributed by atoms with E-state index in [2.05, 4.69) is 4.74 Å². The highest BCUT2D eigenvalue weighted by atomic mass is 16.6. The zero-order valence-electron chi connectivity index (χ0n) is 9.94. The molecule has 7 heteroatoms. The van der Waals surface area contributed by atoms with Gasteiger partial charge < -0.3 is 20.1 Å². The molecule has 0 aliphatic carbocycles. The molecule has 0 aliphatic heterocycles. The van der Waals surface area contributed by atoms with Gasteiger partial charge in [-0.15, -0.1) is 0 Å². The molecule has 2 atom stereocenters. The van der Waals surface area contributed by atoms with E-state index >= 15 is 0 Å². The van der Waals surface area contributed by atoms with E-state index in [1.807, 2.05) is 0 Å². The number of carbonyl (C=O) groups is 3. The fraction of sp³-hybridized carbons (Fsp3) is 0.250. The molecule has 0 saturated heterocycles. The van der Waals surface area contributed by atoms with Crippen molar-refractivity contribution in [3.8, 4) is 0 Å². The smallest absolute Gasteiger partial charge is 0.346 e. The molecule has 3 N–H and O–H groups in total. The number of carboxylic acids is 1. The van der Waals surface area contributed by atoms with Gasteiger partial charge in [0.15, 0.2) is 12.2 Å². The molecule has 1 aromatic rings. The number of hydrogen-bond donors (Lipinski definition) is 3. The number of benzene rings is 1. The van der Waals surface area contributed by atoms with Crippen LogP contribution in [0, 0.1) is 6.92 Å². The molecule has 102 valence electrons. The maximum Gasteiger partial charge on any atom is 0.346 e. The molecule has 19 heavy (non-hydrogen) atoms. The number of hydrogen-bond acceptors (Lipinski definition) is 6. The van der Waals surface area contributed by atoms with Crippen LogP contribution in [0.15, 0.2) is 24.3 Å². The summed E-state index contributed by atoms with van der Waals surface area (Å²) in [6.45, 7) is 1.80. The van der Waals surface area contributed by atoms with Crippen LogP contribution in [0.5, 0.6) is 0 Å². The minimum atomic E-state index is -2.35. The van der Waals surface area contributed by atoms with Gasteiger partial charge in [-0.2, -0.15) is 0 Å². The van der Waals surface area contributed by atoms with E-state index in [0.717, 1.165) is 5.56 Å². The van der Waals surface area contributed by atoms with Crippen LogP contribution in [0.25, 0.3) is 0 Å². The Morgan fingerprint density at radius 2 is 1.58 bits per heavy atom. The van der Waals surface area contributed by atoms with Crippen LogP contribution in [0.1, 0.15) is 15.9 Å². The van der Waals surface area contributed by atoms with E-state index in [4.69, 9.17) is 15.3 Å². The van der Waals surface area contributed by atoms with Crippen LogP contribution in [0.2, 0.25) is 0 Å². The molecule has 1 aromatic carbocycles. The van der Waals surface area contributed by atoms with Crippen molar-refractivity contribution in [2.24, 2.45) is 0 Å². The Morgan fingerprint density at radius 3 is 2.05 bits per heavy atom. The Hall–Kier alpha value is -2.25. The van der Waals surface area contributed by atoms with Crippen LogP contribution in [0.4, 0.5) is 0 Å². The summed E-state index contributed by atoms with van der Waals surface area (Å²) in [6, 6.07) is 6.04. The lowest BCUT2D eigenvalue weighted by Gasteiger charge is -2.12. The molecule has 0 spiro atoms. The third-order valence-electron chi connectivity index (χ3n) is 2.27. The van der Waals surface area contributed by atoms with Gasteiger partial charge in [-0.05, 0) is 19.1 Å². The molecular weight excluding hydrogens is 256 g/mol. The first kappa shape index (κ1) is 14.8. The Kier molecular flexibility index (Phi) is 4.74. The highest BCUT2D eigenvalue weighted by Gasteiger charge is 2.32. The predicted octanol–water partition coefficient (Wildman–Crippen LogP) is -0.515. The molecule has 0 fully saturated rings. The summed E-state index contributed by atoms with van der Waals surface area (Å²) in [5, 5.41) is 26.4. The minimum Gasteiger partial charge on any atom is -0.479 e. The molecule has 0 bridgehead atoms. The predicted molar refractivity (Wildman–Crippen MR) is 61.3 cm³/mol. The molecule has 0 radical (unpaired) electrons. The first-order valence-corrected chi connectivity index (χ1v) is 5.24. The van der Waals surface area contributed by atoms with Crippen molar-refractivity contribution in [3.63, 3.8) is 0 Å². The van der Waals surface area contributed by atoms with E-state index in [9.17, 15) is 14.4 Å². The van der Waals surface area contributed by atoms with Gasteiger partial charge in [0.25, 0.3) is 0 Å². The number of aryl methyl sites for hydroxylation is 1. The second-order valence-electron chi connectivity index (χ2n) is 3.80. The molecule has 1 rings (SSSR count). The third-order valence-corrected chi connectivity index (χ3v) is 2.27.